The normalized spacial score (nSPS) is 15.6. The molecule has 3 rings (SSSR count). The van der Waals surface area contributed by atoms with E-state index >= 15 is 0 Å². The van der Waals surface area contributed by atoms with Gasteiger partial charge in [-0.15, -0.1) is 0 Å². The molecule has 1 aliphatic heterocycles. The minimum Gasteiger partial charge on any atom is -0.507 e. The van der Waals surface area contributed by atoms with Crippen molar-refractivity contribution >= 4 is 21.6 Å². The van der Waals surface area contributed by atoms with Gasteiger partial charge in [-0.3, -0.25) is 4.79 Å². The summed E-state index contributed by atoms with van der Waals surface area (Å²) in [4.78, 5) is 12.5. The number of hydrogen-bond donors (Lipinski definition) is 2. The number of aromatic hydroxyl groups is 1. The van der Waals surface area contributed by atoms with E-state index in [9.17, 15) is 18.3 Å². The third kappa shape index (κ3) is 4.23. The minimum atomic E-state index is -3.51. The minimum absolute atomic E-state index is 0.0811. The fourth-order valence-corrected chi connectivity index (χ4v) is 4.57. The summed E-state index contributed by atoms with van der Waals surface area (Å²) in [5.41, 5.74) is 4.69. The molecule has 2 N–H and O–H groups in total. The zero-order chi connectivity index (χ0) is 20.3. The van der Waals surface area contributed by atoms with Gasteiger partial charge in [0.05, 0.1) is 10.6 Å². The molecule has 1 aliphatic rings. The largest absolute Gasteiger partial charge is 0.507 e. The van der Waals surface area contributed by atoms with E-state index in [1.807, 2.05) is 6.92 Å². The van der Waals surface area contributed by atoms with Crippen molar-refractivity contribution in [1.82, 2.24) is 9.73 Å². The lowest BCUT2D eigenvalue weighted by Crippen LogP contribution is -2.28. The van der Waals surface area contributed by atoms with E-state index in [1.54, 1.807) is 25.1 Å². The summed E-state index contributed by atoms with van der Waals surface area (Å²) in [6.45, 7) is 4.64. The van der Waals surface area contributed by atoms with E-state index in [0.29, 0.717) is 29.9 Å². The molecule has 8 heteroatoms. The van der Waals surface area contributed by atoms with Crippen molar-refractivity contribution in [2.45, 2.75) is 31.6 Å². The zero-order valence-electron chi connectivity index (χ0n) is 15.8. The van der Waals surface area contributed by atoms with Crippen LogP contribution in [0.3, 0.4) is 0 Å². The van der Waals surface area contributed by atoms with Crippen molar-refractivity contribution in [3.63, 3.8) is 0 Å². The zero-order valence-corrected chi connectivity index (χ0v) is 16.7. The molecule has 2 aromatic carbocycles. The van der Waals surface area contributed by atoms with Crippen LogP contribution >= 0.6 is 0 Å². The maximum Gasteiger partial charge on any atom is 0.271 e. The Kier molecular flexibility index (Phi) is 5.81. The first-order chi connectivity index (χ1) is 13.3. The van der Waals surface area contributed by atoms with Gasteiger partial charge in [0.15, 0.2) is 0 Å². The van der Waals surface area contributed by atoms with Crippen molar-refractivity contribution in [1.29, 1.82) is 0 Å². The van der Waals surface area contributed by atoms with Crippen LogP contribution in [0.5, 0.6) is 5.75 Å². The highest BCUT2D eigenvalue weighted by Gasteiger charge is 2.27. The number of amides is 1. The molecule has 148 valence electrons. The molecule has 0 unspecified atom stereocenters. The van der Waals surface area contributed by atoms with E-state index < -0.39 is 15.9 Å². The molecule has 1 heterocycles. The number of aryl methyl sites for hydroxylation is 1. The Morgan fingerprint density at radius 2 is 1.75 bits per heavy atom. The molecule has 2 aromatic rings. The number of hydrazone groups is 1. The van der Waals surface area contributed by atoms with Crippen molar-refractivity contribution < 1.29 is 18.3 Å². The van der Waals surface area contributed by atoms with Crippen LogP contribution in [0.15, 0.2) is 52.5 Å². The number of sulfonamides is 1. The lowest BCUT2D eigenvalue weighted by atomic mass is 10.1. The molecule has 0 saturated carbocycles. The van der Waals surface area contributed by atoms with Crippen molar-refractivity contribution in [3.05, 3.63) is 59.2 Å². The fraction of sp³-hybridized carbons (Fsp3) is 0.300. The van der Waals surface area contributed by atoms with Gasteiger partial charge in [0, 0.05) is 24.2 Å². The first-order valence-corrected chi connectivity index (χ1v) is 10.5. The molecule has 1 fully saturated rings. The molecule has 7 nitrogen and oxygen atoms in total. The standard InChI is InChI=1S/C20H23N3O4S/c1-14-5-10-19(24)18(13-14)15(2)21-22-20(25)16-6-8-17(9-7-16)28(26,27)23-11-3-4-12-23/h5-10,13,24H,3-4,11-12H2,1-2H3,(H,22,25)/b21-15+. The molecular formula is C20H23N3O4S. The summed E-state index contributed by atoms with van der Waals surface area (Å²) in [5, 5.41) is 14.0. The molecule has 0 radical (unpaired) electrons. The van der Waals surface area contributed by atoms with Gasteiger partial charge in [-0.25, -0.2) is 13.8 Å². The van der Waals surface area contributed by atoms with Gasteiger partial charge in [0.1, 0.15) is 5.75 Å². The maximum atomic E-state index is 12.5. The Labute approximate surface area is 164 Å². The third-order valence-electron chi connectivity index (χ3n) is 4.69. The van der Waals surface area contributed by atoms with Crippen LogP contribution in [0.1, 0.15) is 41.3 Å². The second-order valence-electron chi connectivity index (χ2n) is 6.79. The Morgan fingerprint density at radius 1 is 1.11 bits per heavy atom. The molecule has 28 heavy (non-hydrogen) atoms. The quantitative estimate of drug-likeness (QED) is 0.594. The van der Waals surface area contributed by atoms with Crippen LogP contribution < -0.4 is 5.43 Å². The van der Waals surface area contributed by atoms with Gasteiger partial charge < -0.3 is 5.11 Å². The molecule has 0 aromatic heterocycles. The van der Waals surface area contributed by atoms with Crippen LogP contribution in [-0.4, -0.2) is 42.5 Å². The van der Waals surface area contributed by atoms with E-state index in [0.717, 1.165) is 18.4 Å². The first-order valence-electron chi connectivity index (χ1n) is 9.04. The SMILES string of the molecule is C/C(=N\NC(=O)c1ccc(S(=O)(=O)N2CCCC2)cc1)c1cc(C)ccc1O. The number of hydrogen-bond acceptors (Lipinski definition) is 5. The summed E-state index contributed by atoms with van der Waals surface area (Å²) in [5.74, 6) is -0.380. The predicted molar refractivity (Wildman–Crippen MR) is 107 cm³/mol. The van der Waals surface area contributed by atoms with Crippen molar-refractivity contribution in [3.8, 4) is 5.75 Å². The smallest absolute Gasteiger partial charge is 0.271 e. The summed E-state index contributed by atoms with van der Waals surface area (Å²) in [6.07, 6.45) is 1.74. The summed E-state index contributed by atoms with van der Waals surface area (Å²) >= 11 is 0. The van der Waals surface area contributed by atoms with E-state index in [1.165, 1.54) is 28.6 Å². The third-order valence-corrected chi connectivity index (χ3v) is 6.60. The van der Waals surface area contributed by atoms with Gasteiger partial charge in [-0.2, -0.15) is 9.41 Å². The van der Waals surface area contributed by atoms with Crippen LogP contribution in [-0.2, 0) is 10.0 Å². The number of phenols is 1. The Bertz CT molecular complexity index is 1010. The second-order valence-corrected chi connectivity index (χ2v) is 8.73. The highest BCUT2D eigenvalue weighted by Crippen LogP contribution is 2.21. The van der Waals surface area contributed by atoms with Crippen LogP contribution in [0.2, 0.25) is 0 Å². The molecule has 1 saturated heterocycles. The number of carbonyl (C=O) groups excluding carboxylic acids is 1. The number of nitrogens with one attached hydrogen (secondary N) is 1. The molecule has 0 aliphatic carbocycles. The average molecular weight is 401 g/mol. The van der Waals surface area contributed by atoms with Crippen LogP contribution in [0.4, 0.5) is 0 Å². The van der Waals surface area contributed by atoms with Gasteiger partial charge in [-0.05, 0) is 63.1 Å². The Hall–Kier alpha value is -2.71. The topological polar surface area (TPSA) is 99.1 Å². The lowest BCUT2D eigenvalue weighted by molar-refractivity contribution is 0.0954. The van der Waals surface area contributed by atoms with Crippen molar-refractivity contribution in [2.24, 2.45) is 5.10 Å². The first kappa shape index (κ1) is 20.0. The van der Waals surface area contributed by atoms with Crippen LogP contribution in [0, 0.1) is 6.92 Å². The number of phenolic OH excluding ortho intramolecular Hbond substituents is 1. The van der Waals surface area contributed by atoms with Crippen LogP contribution in [0.25, 0.3) is 0 Å². The van der Waals surface area contributed by atoms with Gasteiger partial charge in [0.25, 0.3) is 5.91 Å². The Balaban J connectivity index is 1.72. The van der Waals surface area contributed by atoms with Gasteiger partial charge >= 0.3 is 0 Å². The number of rotatable bonds is 5. The van der Waals surface area contributed by atoms with E-state index in [-0.39, 0.29) is 10.6 Å². The monoisotopic (exact) mass is 401 g/mol. The summed E-state index contributed by atoms with van der Waals surface area (Å²) in [7, 11) is -3.51. The molecule has 0 atom stereocenters. The highest BCUT2D eigenvalue weighted by atomic mass is 32.2. The number of benzene rings is 2. The number of carbonyl (C=O) groups is 1. The van der Waals surface area contributed by atoms with Crippen molar-refractivity contribution in [2.75, 3.05) is 13.1 Å². The summed E-state index contributed by atoms with van der Waals surface area (Å²) in [6, 6.07) is 10.9. The maximum absolute atomic E-state index is 12.5. The second kappa shape index (κ2) is 8.12. The molecule has 0 spiro atoms. The van der Waals surface area contributed by atoms with E-state index in [4.69, 9.17) is 0 Å². The number of nitrogens with zero attached hydrogens (tertiary/aromatic N) is 2. The highest BCUT2D eigenvalue weighted by molar-refractivity contribution is 7.89. The molecule has 0 bridgehead atoms. The van der Waals surface area contributed by atoms with E-state index in [2.05, 4.69) is 10.5 Å². The predicted octanol–water partition coefficient (Wildman–Crippen LogP) is 2.64. The fourth-order valence-electron chi connectivity index (χ4n) is 3.05. The lowest BCUT2D eigenvalue weighted by Gasteiger charge is -2.15. The summed E-state index contributed by atoms with van der Waals surface area (Å²) < 4.78 is 26.5. The molecular weight excluding hydrogens is 378 g/mol. The Morgan fingerprint density at radius 3 is 2.39 bits per heavy atom. The molecule has 1 amide bonds. The van der Waals surface area contributed by atoms with Gasteiger partial charge in [-0.1, -0.05) is 11.6 Å². The van der Waals surface area contributed by atoms with Gasteiger partial charge in [0.2, 0.25) is 10.0 Å². The average Bonchev–Trinajstić information content (AvgIpc) is 3.23.